The van der Waals surface area contributed by atoms with Crippen LogP contribution in [-0.2, 0) is 11.2 Å². The fourth-order valence-corrected chi connectivity index (χ4v) is 3.72. The van der Waals surface area contributed by atoms with E-state index in [0.29, 0.717) is 48.6 Å². The first-order chi connectivity index (χ1) is 16.0. The number of nitrogens with one attached hydrogen (secondary N) is 3. The fourth-order valence-electron chi connectivity index (χ4n) is 3.72. The van der Waals surface area contributed by atoms with Crippen LogP contribution in [-0.4, -0.2) is 35.9 Å². The van der Waals surface area contributed by atoms with Crippen LogP contribution in [0.5, 0.6) is 0 Å². The molecular weight excluding hydrogens is 421 g/mol. The third-order valence-corrected chi connectivity index (χ3v) is 5.41. The predicted molar refractivity (Wildman–Crippen MR) is 122 cm³/mol. The van der Waals surface area contributed by atoms with E-state index in [1.807, 2.05) is 12.1 Å². The van der Waals surface area contributed by atoms with Crippen molar-refractivity contribution < 1.29 is 14.0 Å². The summed E-state index contributed by atoms with van der Waals surface area (Å²) in [5.74, 6) is -0.613. The van der Waals surface area contributed by atoms with Crippen molar-refractivity contribution in [1.29, 1.82) is 5.26 Å². The number of pyridine rings is 1. The molecule has 0 spiro atoms. The molecule has 1 saturated heterocycles. The van der Waals surface area contributed by atoms with E-state index in [1.54, 1.807) is 36.4 Å². The van der Waals surface area contributed by atoms with Crippen molar-refractivity contribution in [2.75, 3.05) is 18.4 Å². The zero-order valence-corrected chi connectivity index (χ0v) is 17.8. The van der Waals surface area contributed by atoms with Gasteiger partial charge in [0.1, 0.15) is 17.7 Å². The van der Waals surface area contributed by atoms with Gasteiger partial charge in [0, 0.05) is 18.7 Å². The van der Waals surface area contributed by atoms with Gasteiger partial charge in [-0.1, -0.05) is 30.3 Å². The van der Waals surface area contributed by atoms with E-state index in [1.165, 1.54) is 12.1 Å². The van der Waals surface area contributed by atoms with Crippen LogP contribution in [0, 0.1) is 17.1 Å². The fraction of sp³-hybridized carbons (Fsp3) is 0.200. The highest BCUT2D eigenvalue weighted by atomic mass is 19.1. The first-order valence-electron chi connectivity index (χ1n) is 10.6. The van der Waals surface area contributed by atoms with E-state index in [2.05, 4.69) is 27.0 Å². The van der Waals surface area contributed by atoms with Crippen LogP contribution in [0.2, 0.25) is 0 Å². The van der Waals surface area contributed by atoms with Crippen molar-refractivity contribution in [3.8, 4) is 17.3 Å². The molecule has 0 aliphatic carbocycles. The van der Waals surface area contributed by atoms with Crippen LogP contribution in [0.15, 0.2) is 60.7 Å². The first kappa shape index (κ1) is 22.0. The number of carbonyl (C=O) groups excluding carboxylic acids is 2. The van der Waals surface area contributed by atoms with E-state index in [0.717, 1.165) is 5.56 Å². The lowest BCUT2D eigenvalue weighted by atomic mass is 10.0. The molecule has 3 N–H and O–H groups in total. The highest BCUT2D eigenvalue weighted by molar-refractivity contribution is 6.01. The molecule has 166 valence electrons. The van der Waals surface area contributed by atoms with E-state index in [-0.39, 0.29) is 17.3 Å². The number of hydrogen-bond acceptors (Lipinski definition) is 5. The zero-order chi connectivity index (χ0) is 23.2. The highest BCUT2D eigenvalue weighted by Crippen LogP contribution is 2.25. The molecule has 0 unspecified atom stereocenters. The molecule has 0 bridgehead atoms. The van der Waals surface area contributed by atoms with Gasteiger partial charge in [-0.15, -0.1) is 0 Å². The number of aromatic nitrogens is 1. The summed E-state index contributed by atoms with van der Waals surface area (Å²) < 4.78 is 13.5. The lowest BCUT2D eigenvalue weighted by molar-refractivity contribution is -0.120. The van der Waals surface area contributed by atoms with Crippen molar-refractivity contribution in [3.63, 3.8) is 0 Å². The second-order valence-corrected chi connectivity index (χ2v) is 7.66. The van der Waals surface area contributed by atoms with E-state index in [4.69, 9.17) is 0 Å². The quantitative estimate of drug-likeness (QED) is 0.520. The number of halogens is 1. The van der Waals surface area contributed by atoms with Gasteiger partial charge in [-0.3, -0.25) is 9.59 Å². The van der Waals surface area contributed by atoms with Gasteiger partial charge < -0.3 is 16.0 Å². The molecule has 0 saturated carbocycles. The van der Waals surface area contributed by atoms with E-state index < -0.39 is 11.9 Å². The summed E-state index contributed by atoms with van der Waals surface area (Å²) in [5, 5.41) is 18.1. The molecule has 1 atom stereocenters. The Labute approximate surface area is 190 Å². The number of nitrogens with zero attached hydrogens (tertiary/aromatic N) is 2. The molecule has 3 aromatic rings. The monoisotopic (exact) mass is 443 g/mol. The van der Waals surface area contributed by atoms with Gasteiger partial charge >= 0.3 is 0 Å². The lowest BCUT2D eigenvalue weighted by Crippen LogP contribution is -2.40. The highest BCUT2D eigenvalue weighted by Gasteiger charge is 2.27. The number of amides is 2. The third-order valence-electron chi connectivity index (χ3n) is 5.41. The minimum Gasteiger partial charge on any atom is -0.369 e. The molecule has 33 heavy (non-hydrogen) atoms. The Bertz CT molecular complexity index is 1240. The minimum atomic E-state index is -0.586. The zero-order valence-electron chi connectivity index (χ0n) is 17.8. The molecule has 0 radical (unpaired) electrons. The third kappa shape index (κ3) is 5.15. The molecule has 2 aromatic carbocycles. The molecule has 4 rings (SSSR count). The van der Waals surface area contributed by atoms with Crippen molar-refractivity contribution >= 4 is 17.6 Å². The molecule has 1 fully saturated rings. The van der Waals surface area contributed by atoms with Gasteiger partial charge in [0.25, 0.3) is 5.91 Å². The van der Waals surface area contributed by atoms with E-state index in [9.17, 15) is 19.2 Å². The summed E-state index contributed by atoms with van der Waals surface area (Å²) in [5.41, 5.74) is 2.75. The second kappa shape index (κ2) is 9.92. The first-order valence-corrected chi connectivity index (χ1v) is 10.6. The smallest absolute Gasteiger partial charge is 0.255 e. The maximum atomic E-state index is 13.5. The Balaban J connectivity index is 1.61. The van der Waals surface area contributed by atoms with Gasteiger partial charge in [0.2, 0.25) is 5.91 Å². The topological polar surface area (TPSA) is 107 Å². The number of rotatable bonds is 7. The predicted octanol–water partition coefficient (Wildman–Crippen LogP) is 3.03. The minimum absolute atomic E-state index is 0.212. The average Bonchev–Trinajstić information content (AvgIpc) is 3.23. The van der Waals surface area contributed by atoms with Crippen LogP contribution >= 0.6 is 0 Å². The van der Waals surface area contributed by atoms with Crippen LogP contribution in [0.1, 0.15) is 27.9 Å². The number of nitriles is 1. The molecule has 2 amide bonds. The normalized spacial score (nSPS) is 14.9. The Morgan fingerprint density at radius 2 is 2.03 bits per heavy atom. The molecule has 1 aliphatic heterocycles. The SMILES string of the molecule is N#Cc1ccccc1-c1ccc(C(=O)N[C@H]2CCNC2=O)c(NCCc2cccc(F)c2)n1. The van der Waals surface area contributed by atoms with Gasteiger partial charge in [-0.25, -0.2) is 9.37 Å². The second-order valence-electron chi connectivity index (χ2n) is 7.66. The Hall–Kier alpha value is -4.25. The summed E-state index contributed by atoms with van der Waals surface area (Å²) >= 11 is 0. The van der Waals surface area contributed by atoms with Gasteiger partial charge in [-0.2, -0.15) is 5.26 Å². The summed E-state index contributed by atoms with van der Waals surface area (Å²) in [6, 6.07) is 18.3. The Morgan fingerprint density at radius 1 is 1.18 bits per heavy atom. The Morgan fingerprint density at radius 3 is 2.79 bits per heavy atom. The van der Waals surface area contributed by atoms with Gasteiger partial charge in [-0.05, 0) is 48.7 Å². The standard InChI is InChI=1S/C25H22FN5O2/c26-18-6-3-4-16(14-18)10-12-28-23-20(24(32)31-22-11-13-29-25(22)33)8-9-21(30-23)19-7-2-1-5-17(19)15-27/h1-9,14,22H,10-13H2,(H,28,30)(H,29,33)(H,31,32)/t22-/m0/s1. The number of anilines is 1. The van der Waals surface area contributed by atoms with Crippen LogP contribution in [0.4, 0.5) is 10.2 Å². The number of carbonyl (C=O) groups is 2. The maximum absolute atomic E-state index is 13.5. The summed E-state index contributed by atoms with van der Waals surface area (Å²) in [6.07, 6.45) is 1.04. The largest absolute Gasteiger partial charge is 0.369 e. The van der Waals surface area contributed by atoms with Crippen molar-refractivity contribution in [2.24, 2.45) is 0 Å². The van der Waals surface area contributed by atoms with Crippen molar-refractivity contribution in [2.45, 2.75) is 18.9 Å². The van der Waals surface area contributed by atoms with Crippen LogP contribution < -0.4 is 16.0 Å². The van der Waals surface area contributed by atoms with E-state index >= 15 is 0 Å². The summed E-state index contributed by atoms with van der Waals surface area (Å²) in [7, 11) is 0. The molecule has 7 nitrogen and oxygen atoms in total. The summed E-state index contributed by atoms with van der Waals surface area (Å²) in [4.78, 5) is 29.4. The van der Waals surface area contributed by atoms with Crippen molar-refractivity contribution in [1.82, 2.24) is 15.6 Å². The Kier molecular flexibility index (Phi) is 6.60. The number of benzene rings is 2. The lowest BCUT2D eigenvalue weighted by Gasteiger charge is -2.15. The maximum Gasteiger partial charge on any atom is 0.255 e. The molecule has 1 aliphatic rings. The van der Waals surface area contributed by atoms with Crippen LogP contribution in [0.25, 0.3) is 11.3 Å². The molecule has 8 heteroatoms. The molecular formula is C25H22FN5O2. The van der Waals surface area contributed by atoms with Crippen molar-refractivity contribution in [3.05, 3.63) is 83.2 Å². The van der Waals surface area contributed by atoms with Crippen LogP contribution in [0.3, 0.4) is 0 Å². The molecule has 1 aromatic heterocycles. The van der Waals surface area contributed by atoms with Gasteiger partial charge in [0.05, 0.1) is 22.9 Å². The molecule has 2 heterocycles. The van der Waals surface area contributed by atoms with Gasteiger partial charge in [0.15, 0.2) is 0 Å². The summed E-state index contributed by atoms with van der Waals surface area (Å²) in [6.45, 7) is 0.925. The average molecular weight is 443 g/mol. The number of hydrogen-bond donors (Lipinski definition) is 3.